The first-order valence-electron chi connectivity index (χ1n) is 10.0. The molecule has 160 valence electrons. The number of rotatable bonds is 17. The molecular formula is C19H32N2O6S. The van der Waals surface area contributed by atoms with Crippen molar-refractivity contribution in [3.05, 3.63) is 0 Å². The molecule has 2 unspecified atom stereocenters. The molecule has 0 rings (SSSR count). The van der Waals surface area contributed by atoms with Crippen molar-refractivity contribution < 1.29 is 30.4 Å². The quantitative estimate of drug-likeness (QED) is 0.302. The first-order valence-corrected chi connectivity index (χ1v) is 10.4. The second kappa shape index (κ2) is 15.2. The Hall–Kier alpha value is -1.74. The summed E-state index contributed by atoms with van der Waals surface area (Å²) in [5.41, 5.74) is 0. The zero-order valence-corrected chi connectivity index (χ0v) is 17.4. The first kappa shape index (κ1) is 24.3. The second-order valence-corrected chi connectivity index (χ2v) is 7.79. The van der Waals surface area contributed by atoms with Crippen LogP contribution < -0.4 is 10.6 Å². The van der Waals surface area contributed by atoms with Crippen molar-refractivity contribution in [3.63, 3.8) is 0 Å². The third kappa shape index (κ3) is 13.4. The van der Waals surface area contributed by atoms with Crippen molar-refractivity contribution in [2.75, 3.05) is 18.8 Å². The van der Waals surface area contributed by atoms with Crippen LogP contribution in [0.1, 0.15) is 60.6 Å². The summed E-state index contributed by atoms with van der Waals surface area (Å²) in [7, 11) is 0. The van der Waals surface area contributed by atoms with Gasteiger partial charge in [-0.05, 0) is 26.7 Å². The molecule has 1 amide bonds. The summed E-state index contributed by atoms with van der Waals surface area (Å²) in [5, 5.41) is 13.7. The van der Waals surface area contributed by atoms with Crippen LogP contribution in [0, 0.1) is 0 Å². The van der Waals surface area contributed by atoms with Gasteiger partial charge in [-0.3, -0.25) is 24.5 Å². The number of Topliss-reactive ketones (excluding diaryl/α,β-unsaturated/α-hetero) is 3. The van der Waals surface area contributed by atoms with E-state index in [9.17, 15) is 24.0 Å². The highest BCUT2D eigenvalue weighted by molar-refractivity contribution is 8.00. The van der Waals surface area contributed by atoms with Gasteiger partial charge in [0.15, 0.2) is 0 Å². The van der Waals surface area contributed by atoms with Crippen molar-refractivity contribution >= 4 is 41.0 Å². The van der Waals surface area contributed by atoms with Gasteiger partial charge in [0.2, 0.25) is 5.91 Å². The molecule has 3 N–H and O–H groups in total. The monoisotopic (exact) mass is 418 g/mol. The van der Waals surface area contributed by atoms with Gasteiger partial charge in [-0.1, -0.05) is 13.3 Å². The summed E-state index contributed by atoms with van der Waals surface area (Å²) in [5.74, 6) is -1.62. The van der Waals surface area contributed by atoms with Crippen LogP contribution in [0.4, 0.5) is 0 Å². The maximum atomic E-state index is 12.3. The predicted octanol–water partition coefficient (Wildman–Crippen LogP) is 1.35. The number of aliphatic carboxylic acids is 1. The number of hydrogen-bond acceptors (Lipinski definition) is 7. The van der Waals surface area contributed by atoms with E-state index in [1.807, 2.05) is 0 Å². The summed E-state index contributed by atoms with van der Waals surface area (Å²) >= 11 is 1.06. The number of carboxylic acids is 1. The van der Waals surface area contributed by atoms with E-state index in [0.717, 1.165) is 24.6 Å². The molecule has 9 heteroatoms. The van der Waals surface area contributed by atoms with Crippen molar-refractivity contribution in [1.82, 2.24) is 10.6 Å². The van der Waals surface area contributed by atoms with E-state index in [1.165, 1.54) is 13.8 Å². The third-order valence-corrected chi connectivity index (χ3v) is 5.25. The topological polar surface area (TPSA) is 130 Å². The number of carbonyl (C=O) groups excluding carboxylic acids is 4. The predicted molar refractivity (Wildman–Crippen MR) is 108 cm³/mol. The minimum atomic E-state index is -1.11. The number of nitrogens with one attached hydrogen (secondary N) is 2. The number of carbonyl (C=O) groups is 5. The highest BCUT2D eigenvalue weighted by Gasteiger charge is 2.25. The second-order valence-electron chi connectivity index (χ2n) is 6.56. The lowest BCUT2D eigenvalue weighted by Gasteiger charge is -2.19. The largest absolute Gasteiger partial charge is 0.481 e. The number of carboxylic acid groups (broad SMARTS) is 1. The fourth-order valence-electron chi connectivity index (χ4n) is 2.24. The molecule has 28 heavy (non-hydrogen) atoms. The lowest BCUT2D eigenvalue weighted by Crippen LogP contribution is -2.42. The summed E-state index contributed by atoms with van der Waals surface area (Å²) < 4.78 is 7.03. The average Bonchev–Trinajstić information content (AvgIpc) is 2.62. The number of hydrogen-bond donors (Lipinski definition) is 3. The van der Waals surface area contributed by atoms with Gasteiger partial charge in [0.1, 0.15) is 17.3 Å². The molecule has 0 aliphatic carbocycles. The molecule has 0 bridgehead atoms. The molecule has 0 aromatic heterocycles. The average molecular weight is 419 g/mol. The molecule has 0 aromatic carbocycles. The van der Waals surface area contributed by atoms with Crippen LogP contribution in [0.25, 0.3) is 0 Å². The van der Waals surface area contributed by atoms with E-state index in [4.69, 9.17) is 6.48 Å². The van der Waals surface area contributed by atoms with Crippen LogP contribution in [0.3, 0.4) is 0 Å². The van der Waals surface area contributed by atoms with Crippen LogP contribution >= 0.6 is 11.8 Å². The van der Waals surface area contributed by atoms with Gasteiger partial charge < -0.3 is 15.2 Å². The molecule has 0 heterocycles. The Morgan fingerprint density at radius 1 is 1.11 bits per heavy atom. The van der Waals surface area contributed by atoms with E-state index >= 15 is 0 Å². The van der Waals surface area contributed by atoms with E-state index in [0.29, 0.717) is 19.4 Å². The maximum absolute atomic E-state index is 12.3. The Kier molecular flexibility index (Phi) is 13.2. The van der Waals surface area contributed by atoms with Crippen LogP contribution in [0.2, 0.25) is 0 Å². The van der Waals surface area contributed by atoms with Crippen molar-refractivity contribution in [2.45, 2.75) is 70.6 Å². The van der Waals surface area contributed by atoms with Gasteiger partial charge in [0.25, 0.3) is 0 Å². The van der Waals surface area contributed by atoms with E-state index < -0.39 is 23.2 Å². The fourth-order valence-corrected chi connectivity index (χ4v) is 3.52. The molecule has 0 radical (unpaired) electrons. The Balaban J connectivity index is 4.52. The molecule has 0 aliphatic heterocycles. The molecule has 0 saturated carbocycles. The fraction of sp³-hybridized carbons (Fsp3) is 0.737. The first-order chi connectivity index (χ1) is 13.7. The standard InChI is InChI=1S/C19H32N2O6S/c1-4-15(24)11-21-16(14(3)23)12-28-17(10-18(25)26)19(27)20-9-7-5-6-8-13(2)22/h16-17,21H,4-12H2,1-3H3,(H,20,27)(H,25,26)/i1T. The van der Waals surface area contributed by atoms with Crippen molar-refractivity contribution in [3.8, 4) is 0 Å². The number of amides is 1. The normalized spacial score (nSPS) is 13.3. The molecular weight excluding hydrogens is 384 g/mol. The van der Waals surface area contributed by atoms with Crippen LogP contribution in [0.15, 0.2) is 0 Å². The van der Waals surface area contributed by atoms with Gasteiger partial charge in [0.05, 0.1) is 24.3 Å². The molecule has 2 atom stereocenters. The Bertz CT molecular complexity index is 573. The molecule has 0 spiro atoms. The summed E-state index contributed by atoms with van der Waals surface area (Å²) in [6.45, 7) is 3.23. The highest BCUT2D eigenvalue weighted by atomic mass is 32.2. The maximum Gasteiger partial charge on any atom is 0.305 e. The molecule has 0 aliphatic rings. The molecule has 8 nitrogen and oxygen atoms in total. The minimum absolute atomic E-state index is 0.0182. The highest BCUT2D eigenvalue weighted by Crippen LogP contribution is 2.17. The Labute approximate surface area is 172 Å². The summed E-state index contributed by atoms with van der Waals surface area (Å²) in [6.07, 6.45) is 2.47. The van der Waals surface area contributed by atoms with Gasteiger partial charge in [-0.2, -0.15) is 0 Å². The Morgan fingerprint density at radius 2 is 1.82 bits per heavy atom. The van der Waals surface area contributed by atoms with Gasteiger partial charge in [0, 0.05) is 26.5 Å². The SMILES string of the molecule is [3H]CCC(=O)CNC(CSC(CC(=O)O)C(=O)NCCCCCC(C)=O)C(C)=O. The number of unbranched alkanes of at least 4 members (excludes halogenated alkanes) is 2. The number of thioether (sulfide) groups is 1. The lowest BCUT2D eigenvalue weighted by atomic mass is 10.1. The van der Waals surface area contributed by atoms with Gasteiger partial charge in [-0.25, -0.2) is 0 Å². The van der Waals surface area contributed by atoms with Crippen molar-refractivity contribution in [2.24, 2.45) is 0 Å². The van der Waals surface area contributed by atoms with Crippen LogP contribution in [-0.4, -0.2) is 64.5 Å². The molecule has 0 saturated heterocycles. The van der Waals surface area contributed by atoms with E-state index in [1.54, 1.807) is 0 Å². The number of ketones is 3. The molecule has 0 aromatic rings. The zero-order valence-electron chi connectivity index (χ0n) is 17.6. The lowest BCUT2D eigenvalue weighted by molar-refractivity contribution is -0.138. The van der Waals surface area contributed by atoms with E-state index in [2.05, 4.69) is 10.6 Å². The van der Waals surface area contributed by atoms with Crippen molar-refractivity contribution in [1.29, 1.82) is 0 Å². The molecule has 0 fully saturated rings. The van der Waals surface area contributed by atoms with Gasteiger partial charge >= 0.3 is 5.97 Å². The van der Waals surface area contributed by atoms with Gasteiger partial charge in [-0.15, -0.1) is 11.8 Å². The zero-order chi connectivity index (χ0) is 22.2. The summed E-state index contributed by atoms with van der Waals surface area (Å²) in [4.78, 5) is 57.6. The summed E-state index contributed by atoms with van der Waals surface area (Å²) in [6, 6.07) is -0.676. The minimum Gasteiger partial charge on any atom is -0.481 e. The van der Waals surface area contributed by atoms with E-state index in [-0.39, 0.29) is 49.4 Å². The van der Waals surface area contributed by atoms with Crippen LogP contribution in [0.5, 0.6) is 0 Å². The smallest absolute Gasteiger partial charge is 0.305 e. The third-order valence-electron chi connectivity index (χ3n) is 3.94. The van der Waals surface area contributed by atoms with Crippen LogP contribution in [-0.2, 0) is 24.0 Å². The Morgan fingerprint density at radius 3 is 2.39 bits per heavy atom.